The summed E-state index contributed by atoms with van der Waals surface area (Å²) in [5, 5.41) is 24.1. The molecule has 0 aromatic heterocycles. The SMILES string of the molecule is CCC(C)[C@H]1O[C@]2(C=C[C@@H]1C)C[C@@H]1C[C@@H](C/C=C(\C)[C@@H](OC3C[C@H](OC)[C@@H](OC(CBr)OC)[C@H](C)O3)C(C)/C=C/C=C3\CO[C@@H]4[C@H](O)C(C)=C[C@@H](C(=O)O1)[C@]34O)O2. The number of carbonyl (C=O) groups excluding carboxylic acids is 1. The fourth-order valence-corrected chi connectivity index (χ4v) is 9.80. The van der Waals surface area contributed by atoms with Gasteiger partial charge in [0.2, 0.25) is 0 Å². The van der Waals surface area contributed by atoms with E-state index in [1.165, 1.54) is 0 Å². The van der Waals surface area contributed by atoms with E-state index in [0.29, 0.717) is 42.2 Å². The maximum Gasteiger partial charge on any atom is 0.316 e. The van der Waals surface area contributed by atoms with Crippen molar-refractivity contribution in [2.75, 3.05) is 26.2 Å². The number of aliphatic hydroxyl groups is 2. The van der Waals surface area contributed by atoms with E-state index in [0.717, 1.165) is 12.0 Å². The Kier molecular flexibility index (Phi) is 14.8. The van der Waals surface area contributed by atoms with Crippen molar-refractivity contribution in [3.8, 4) is 0 Å². The Hall–Kier alpha value is -1.75. The molecule has 57 heavy (non-hydrogen) atoms. The molecule has 5 aliphatic heterocycles. The van der Waals surface area contributed by atoms with Crippen LogP contribution in [0.15, 0.2) is 59.3 Å². The molecule has 2 N–H and O–H groups in total. The minimum atomic E-state index is -1.82. The van der Waals surface area contributed by atoms with Gasteiger partial charge in [-0.25, -0.2) is 0 Å². The lowest BCUT2D eigenvalue weighted by molar-refractivity contribution is -0.300. The van der Waals surface area contributed by atoms with Gasteiger partial charge in [-0.05, 0) is 55.9 Å². The molecule has 5 heterocycles. The van der Waals surface area contributed by atoms with E-state index in [9.17, 15) is 15.0 Å². The van der Waals surface area contributed by atoms with Gasteiger partial charge in [-0.2, -0.15) is 0 Å². The first-order valence-corrected chi connectivity index (χ1v) is 21.9. The van der Waals surface area contributed by atoms with Gasteiger partial charge in [0.25, 0.3) is 0 Å². The van der Waals surface area contributed by atoms with Crippen molar-refractivity contribution in [2.45, 2.75) is 159 Å². The van der Waals surface area contributed by atoms with Gasteiger partial charge in [-0.15, -0.1) is 0 Å². The molecule has 6 rings (SSSR count). The summed E-state index contributed by atoms with van der Waals surface area (Å²) in [6, 6.07) is 0. The van der Waals surface area contributed by atoms with Crippen LogP contribution in [-0.2, 0) is 47.4 Å². The summed E-state index contributed by atoms with van der Waals surface area (Å²) in [6.07, 6.45) is 10.6. The lowest BCUT2D eigenvalue weighted by Crippen LogP contribution is -2.58. The number of ether oxygens (including phenoxy) is 9. The fourth-order valence-electron chi connectivity index (χ4n) is 9.38. The van der Waals surface area contributed by atoms with Crippen molar-refractivity contribution in [2.24, 2.45) is 23.7 Å². The summed E-state index contributed by atoms with van der Waals surface area (Å²) in [6.45, 7) is 14.4. The zero-order valence-corrected chi connectivity index (χ0v) is 36.6. The lowest BCUT2D eigenvalue weighted by atomic mass is 9.71. The van der Waals surface area contributed by atoms with E-state index >= 15 is 0 Å². The van der Waals surface area contributed by atoms with Crippen LogP contribution in [0.2, 0.25) is 0 Å². The Morgan fingerprint density at radius 2 is 1.82 bits per heavy atom. The van der Waals surface area contributed by atoms with Crippen LogP contribution in [0.25, 0.3) is 0 Å². The molecule has 0 saturated carbocycles. The Morgan fingerprint density at radius 3 is 2.53 bits per heavy atom. The quantitative estimate of drug-likeness (QED) is 0.118. The highest BCUT2D eigenvalue weighted by Crippen LogP contribution is 2.47. The summed E-state index contributed by atoms with van der Waals surface area (Å²) in [7, 11) is 3.27. The number of halogens is 1. The molecule has 6 aliphatic rings. The Balaban J connectivity index is 1.35. The van der Waals surface area contributed by atoms with Crippen LogP contribution in [0, 0.1) is 23.7 Å². The Bertz CT molecular complexity index is 1560. The summed E-state index contributed by atoms with van der Waals surface area (Å²) in [4.78, 5) is 14.3. The number of fused-ring (bicyclic) bond motifs is 2. The van der Waals surface area contributed by atoms with E-state index in [1.54, 1.807) is 33.3 Å². The molecule has 3 saturated heterocycles. The number of aliphatic hydroxyl groups excluding tert-OH is 1. The average Bonchev–Trinajstić information content (AvgIpc) is 3.53. The van der Waals surface area contributed by atoms with Gasteiger partial charge in [0.05, 0.1) is 42.5 Å². The molecule has 1 spiro atoms. The van der Waals surface area contributed by atoms with E-state index in [2.05, 4.69) is 62.7 Å². The van der Waals surface area contributed by atoms with Crippen molar-refractivity contribution >= 4 is 21.9 Å². The van der Waals surface area contributed by atoms with Gasteiger partial charge in [0, 0.05) is 45.3 Å². The second kappa shape index (κ2) is 18.9. The van der Waals surface area contributed by atoms with Crippen molar-refractivity contribution in [3.05, 3.63) is 59.3 Å². The molecule has 0 radical (unpaired) electrons. The molecule has 4 unspecified atom stereocenters. The predicted octanol–water partition coefficient (Wildman–Crippen LogP) is 6.23. The fraction of sp³-hybridized carbons (Fsp3) is 0.750. The van der Waals surface area contributed by atoms with Crippen LogP contribution >= 0.6 is 15.9 Å². The van der Waals surface area contributed by atoms with Gasteiger partial charge in [-0.1, -0.05) is 86.5 Å². The van der Waals surface area contributed by atoms with Gasteiger partial charge < -0.3 is 52.8 Å². The maximum atomic E-state index is 14.3. The van der Waals surface area contributed by atoms with Crippen molar-refractivity contribution < 1.29 is 57.6 Å². The number of carbonyl (C=O) groups is 1. The second-order valence-corrected chi connectivity index (χ2v) is 17.7. The maximum absolute atomic E-state index is 14.3. The number of hydrogen-bond donors (Lipinski definition) is 2. The third-order valence-electron chi connectivity index (χ3n) is 12.9. The Morgan fingerprint density at radius 1 is 1.05 bits per heavy atom. The highest BCUT2D eigenvalue weighted by atomic mass is 79.9. The average molecular weight is 866 g/mol. The van der Waals surface area contributed by atoms with Crippen LogP contribution in [0.3, 0.4) is 0 Å². The lowest BCUT2D eigenvalue weighted by Gasteiger charge is -2.48. The monoisotopic (exact) mass is 864 g/mol. The topological polar surface area (TPSA) is 141 Å². The predicted molar refractivity (Wildman–Crippen MR) is 216 cm³/mol. The van der Waals surface area contributed by atoms with Crippen LogP contribution < -0.4 is 0 Å². The van der Waals surface area contributed by atoms with Crippen molar-refractivity contribution in [1.29, 1.82) is 0 Å². The molecule has 0 aromatic rings. The van der Waals surface area contributed by atoms with E-state index < -0.39 is 60.3 Å². The highest BCUT2D eigenvalue weighted by molar-refractivity contribution is 9.09. The minimum absolute atomic E-state index is 0.0471. The Labute approximate surface area is 347 Å². The van der Waals surface area contributed by atoms with Gasteiger partial charge in [0.15, 0.2) is 18.4 Å². The molecule has 0 aromatic carbocycles. The molecular formula is C44H65BrO12. The number of hydrogen-bond acceptors (Lipinski definition) is 12. The zero-order valence-electron chi connectivity index (χ0n) is 35.0. The third-order valence-corrected chi connectivity index (χ3v) is 13.5. The second-order valence-electron chi connectivity index (χ2n) is 17.0. The first kappa shape index (κ1) is 44.8. The van der Waals surface area contributed by atoms with Gasteiger partial charge in [0.1, 0.15) is 35.9 Å². The summed E-state index contributed by atoms with van der Waals surface area (Å²) in [5.41, 5.74) is 0.200. The molecular weight excluding hydrogens is 800 g/mol. The molecule has 320 valence electrons. The summed E-state index contributed by atoms with van der Waals surface area (Å²) in [5.74, 6) is -2.46. The number of alkyl halides is 1. The molecule has 1 aliphatic carbocycles. The smallest absolute Gasteiger partial charge is 0.316 e. The molecule has 13 heteroatoms. The molecule has 12 nitrogen and oxygen atoms in total. The summed E-state index contributed by atoms with van der Waals surface area (Å²) < 4.78 is 57.1. The van der Waals surface area contributed by atoms with Crippen molar-refractivity contribution in [1.82, 2.24) is 0 Å². The molecule has 0 amide bonds. The highest BCUT2D eigenvalue weighted by Gasteiger charge is 2.60. The van der Waals surface area contributed by atoms with Crippen molar-refractivity contribution in [3.63, 3.8) is 0 Å². The normalized spacial score (nSPS) is 46.1. The molecule has 3 fully saturated rings. The van der Waals surface area contributed by atoms with Crippen LogP contribution in [0.1, 0.15) is 80.6 Å². The summed E-state index contributed by atoms with van der Waals surface area (Å²) >= 11 is 3.45. The molecule has 17 atom stereocenters. The number of esters is 1. The van der Waals surface area contributed by atoms with Gasteiger partial charge in [-0.3, -0.25) is 4.79 Å². The zero-order chi connectivity index (χ0) is 41.2. The van der Waals surface area contributed by atoms with E-state index in [-0.39, 0.29) is 54.9 Å². The number of rotatable bonds is 9. The molecule has 2 bridgehead atoms. The minimum Gasteiger partial charge on any atom is -0.462 e. The first-order chi connectivity index (χ1) is 27.2. The largest absolute Gasteiger partial charge is 0.462 e. The standard InChI is InChI=1S/C44H65BrO12/c1-10-24(2)39-27(5)16-17-43(57-39)21-32-19-31(56-43)15-14-26(4)38(54-35-20-34(49-8)40(29(7)52-35)55-36(22-45)50-9)25(3)12-11-13-30-23-51-41-37(46)28(6)18-33(42(47)53-32)44(30,41)48/h11-14,16-18,24-25,27,29,31-41,46,48H,10,15,19-23H2,1-9H3/b12-11+,26-14+,30-13+/t24?,25?,27-,29-,31+,32-,33-,34-,35?,36?,37+,38-,39+,40-,41+,43+,44+/m0/s1. The van der Waals surface area contributed by atoms with Crippen LogP contribution in [-0.4, -0.2) is 121 Å². The van der Waals surface area contributed by atoms with E-state index in [1.807, 2.05) is 25.2 Å². The number of allylic oxidation sites excluding steroid dienone is 2. The third kappa shape index (κ3) is 9.44. The number of methoxy groups -OCH3 is 2. The van der Waals surface area contributed by atoms with Gasteiger partial charge >= 0.3 is 5.97 Å². The van der Waals surface area contributed by atoms with E-state index in [4.69, 9.17) is 42.6 Å². The van der Waals surface area contributed by atoms with Crippen LogP contribution in [0.5, 0.6) is 0 Å². The first-order valence-electron chi connectivity index (χ1n) is 20.7. The van der Waals surface area contributed by atoms with Crippen LogP contribution in [0.4, 0.5) is 0 Å².